The summed E-state index contributed by atoms with van der Waals surface area (Å²) in [6.07, 6.45) is 0.180. The molecule has 0 bridgehead atoms. The Hall–Kier alpha value is -2.92. The van der Waals surface area contributed by atoms with Gasteiger partial charge in [-0.1, -0.05) is 48.5 Å². The summed E-state index contributed by atoms with van der Waals surface area (Å²) in [6, 6.07) is 21.8. The van der Waals surface area contributed by atoms with Crippen LogP contribution in [-0.2, 0) is 16.0 Å². The van der Waals surface area contributed by atoms with Gasteiger partial charge >= 0.3 is 5.97 Å². The van der Waals surface area contributed by atoms with E-state index in [1.54, 1.807) is 6.92 Å². The first-order valence-electron chi connectivity index (χ1n) is 9.05. The summed E-state index contributed by atoms with van der Waals surface area (Å²) in [5.41, 5.74) is 5.22. The largest absolute Gasteiger partial charge is 0.466 e. The van der Waals surface area contributed by atoms with Crippen LogP contribution < -0.4 is 0 Å². The number of hydrogen-bond donors (Lipinski definition) is 0. The van der Waals surface area contributed by atoms with Crippen LogP contribution in [0.5, 0.6) is 0 Å². The summed E-state index contributed by atoms with van der Waals surface area (Å²) in [6.45, 7) is 2.16. The second kappa shape index (κ2) is 7.98. The van der Waals surface area contributed by atoms with Gasteiger partial charge in [-0.15, -0.1) is 0 Å². The monoisotopic (exact) mass is 435 g/mol. The lowest BCUT2D eigenvalue weighted by molar-refractivity contribution is -0.142. The highest BCUT2D eigenvalue weighted by Crippen LogP contribution is 2.35. The molecule has 0 saturated carbocycles. The van der Waals surface area contributed by atoms with Crippen LogP contribution in [0.2, 0.25) is 0 Å². The summed E-state index contributed by atoms with van der Waals surface area (Å²) >= 11 is 3.60. The Bertz CT molecular complexity index is 1140. The second-order valence-electron chi connectivity index (χ2n) is 6.33. The average Bonchev–Trinajstić information content (AvgIpc) is 3.14. The zero-order chi connectivity index (χ0) is 19.5. The summed E-state index contributed by atoms with van der Waals surface area (Å²) in [5, 5.41) is 0. The van der Waals surface area contributed by atoms with Crippen molar-refractivity contribution in [2.45, 2.75) is 13.3 Å². The summed E-state index contributed by atoms with van der Waals surface area (Å²) in [7, 11) is 0. The Morgan fingerprint density at radius 3 is 2.57 bits per heavy atom. The van der Waals surface area contributed by atoms with Crippen molar-refractivity contribution in [3.63, 3.8) is 0 Å². The van der Waals surface area contributed by atoms with Crippen LogP contribution in [0.3, 0.4) is 0 Å². The van der Waals surface area contributed by atoms with E-state index < -0.39 is 0 Å². The molecule has 0 atom stereocenters. The first kappa shape index (κ1) is 18.4. The topological polar surface area (TPSA) is 52.3 Å². The Balaban J connectivity index is 1.77. The highest BCUT2D eigenvalue weighted by atomic mass is 79.9. The number of rotatable bonds is 5. The Labute approximate surface area is 171 Å². The summed E-state index contributed by atoms with van der Waals surface area (Å²) < 4.78 is 12.0. The average molecular weight is 436 g/mol. The molecule has 4 rings (SSSR count). The molecule has 0 N–H and O–H groups in total. The Morgan fingerprint density at radius 1 is 1.04 bits per heavy atom. The quantitative estimate of drug-likeness (QED) is 0.359. The first-order valence-corrected chi connectivity index (χ1v) is 9.84. The Morgan fingerprint density at radius 2 is 1.79 bits per heavy atom. The normalized spacial score (nSPS) is 10.9. The lowest BCUT2D eigenvalue weighted by Gasteiger charge is -2.06. The maximum absolute atomic E-state index is 11.9. The van der Waals surface area contributed by atoms with E-state index in [0.717, 1.165) is 32.2 Å². The van der Waals surface area contributed by atoms with Gasteiger partial charge < -0.3 is 9.15 Å². The third-order valence-electron chi connectivity index (χ3n) is 4.44. The van der Waals surface area contributed by atoms with E-state index >= 15 is 0 Å². The molecule has 0 spiro atoms. The van der Waals surface area contributed by atoms with Crippen molar-refractivity contribution in [1.82, 2.24) is 4.98 Å². The highest BCUT2D eigenvalue weighted by Gasteiger charge is 2.17. The van der Waals surface area contributed by atoms with E-state index in [1.807, 2.05) is 54.6 Å². The molecule has 0 aliphatic heterocycles. The number of aromatic nitrogens is 1. The molecule has 0 aliphatic rings. The van der Waals surface area contributed by atoms with Crippen LogP contribution in [-0.4, -0.2) is 17.6 Å². The van der Waals surface area contributed by atoms with E-state index in [1.165, 1.54) is 0 Å². The van der Waals surface area contributed by atoms with Gasteiger partial charge in [-0.2, -0.15) is 0 Å². The van der Waals surface area contributed by atoms with Crippen molar-refractivity contribution < 1.29 is 13.9 Å². The van der Waals surface area contributed by atoms with Crippen molar-refractivity contribution in [2.75, 3.05) is 6.61 Å². The fourth-order valence-electron chi connectivity index (χ4n) is 3.15. The number of benzene rings is 3. The van der Waals surface area contributed by atoms with Gasteiger partial charge in [-0.25, -0.2) is 4.98 Å². The van der Waals surface area contributed by atoms with Gasteiger partial charge in [0, 0.05) is 5.56 Å². The van der Waals surface area contributed by atoms with Gasteiger partial charge in [-0.05, 0) is 57.7 Å². The predicted molar refractivity (Wildman–Crippen MR) is 113 cm³/mol. The van der Waals surface area contributed by atoms with E-state index in [2.05, 4.69) is 28.1 Å². The van der Waals surface area contributed by atoms with E-state index in [9.17, 15) is 4.79 Å². The minimum Gasteiger partial charge on any atom is -0.466 e. The van der Waals surface area contributed by atoms with Crippen LogP contribution in [0.15, 0.2) is 75.6 Å². The maximum atomic E-state index is 11.9. The van der Waals surface area contributed by atoms with Crippen molar-refractivity contribution >= 4 is 33.0 Å². The van der Waals surface area contributed by atoms with Crippen LogP contribution in [0.4, 0.5) is 0 Å². The lowest BCUT2D eigenvalue weighted by atomic mass is 10.0. The molecule has 1 aromatic heterocycles. The molecule has 140 valence electrons. The molecule has 4 aromatic rings. The number of carbonyl (C=O) groups excluding carboxylic acids is 1. The highest BCUT2D eigenvalue weighted by molar-refractivity contribution is 9.10. The number of oxazole rings is 1. The smallest absolute Gasteiger partial charge is 0.310 e. The van der Waals surface area contributed by atoms with E-state index in [0.29, 0.717) is 18.1 Å². The van der Waals surface area contributed by atoms with E-state index in [-0.39, 0.29) is 12.4 Å². The zero-order valence-electron chi connectivity index (χ0n) is 15.3. The molecule has 0 amide bonds. The fraction of sp³-hybridized carbons (Fsp3) is 0.130. The number of nitrogens with zero attached hydrogens (tertiary/aromatic N) is 1. The second-order valence-corrected chi connectivity index (χ2v) is 7.18. The standard InChI is InChI=1S/C23H18BrNO3/c1-2-27-21(26)14-16-10-6-7-11-18(16)23-25-20-13-17(12-19(24)22(20)28-23)15-8-4-3-5-9-15/h3-13H,2,14H2,1H3. The minimum absolute atomic E-state index is 0.180. The fourth-order valence-corrected chi connectivity index (χ4v) is 3.69. The molecule has 0 radical (unpaired) electrons. The van der Waals surface area contributed by atoms with Crippen molar-refractivity contribution in [1.29, 1.82) is 0 Å². The third-order valence-corrected chi connectivity index (χ3v) is 5.03. The molecule has 0 saturated heterocycles. The molecule has 0 unspecified atom stereocenters. The molecular formula is C23H18BrNO3. The number of hydrogen-bond acceptors (Lipinski definition) is 4. The molecule has 0 aliphatic carbocycles. The lowest BCUT2D eigenvalue weighted by Crippen LogP contribution is -2.08. The van der Waals surface area contributed by atoms with Crippen LogP contribution in [0.25, 0.3) is 33.7 Å². The molecule has 28 heavy (non-hydrogen) atoms. The molecular weight excluding hydrogens is 418 g/mol. The minimum atomic E-state index is -0.265. The Kier molecular flexibility index (Phi) is 5.26. The van der Waals surface area contributed by atoms with Crippen LogP contribution in [0.1, 0.15) is 12.5 Å². The maximum Gasteiger partial charge on any atom is 0.310 e. The molecule has 3 aromatic carbocycles. The van der Waals surface area contributed by atoms with Gasteiger partial charge in [0.15, 0.2) is 5.58 Å². The number of ether oxygens (including phenoxy) is 1. The molecule has 5 heteroatoms. The van der Waals surface area contributed by atoms with E-state index in [4.69, 9.17) is 14.1 Å². The van der Waals surface area contributed by atoms with Crippen molar-refractivity contribution in [3.8, 4) is 22.6 Å². The van der Waals surface area contributed by atoms with Crippen molar-refractivity contribution in [2.24, 2.45) is 0 Å². The summed E-state index contributed by atoms with van der Waals surface area (Å²) in [5.74, 6) is 0.222. The number of carbonyl (C=O) groups is 1. The predicted octanol–water partition coefficient (Wildman–Crippen LogP) is 6.03. The number of fused-ring (bicyclic) bond motifs is 1. The van der Waals surface area contributed by atoms with Gasteiger partial charge in [0.05, 0.1) is 17.5 Å². The molecule has 4 nitrogen and oxygen atoms in total. The van der Waals surface area contributed by atoms with Crippen molar-refractivity contribution in [3.05, 3.63) is 76.8 Å². The zero-order valence-corrected chi connectivity index (χ0v) is 16.9. The van der Waals surface area contributed by atoms with Gasteiger partial charge in [0.25, 0.3) is 0 Å². The van der Waals surface area contributed by atoms with Crippen LogP contribution >= 0.6 is 15.9 Å². The SMILES string of the molecule is CCOC(=O)Cc1ccccc1-c1nc2cc(-c3ccccc3)cc(Br)c2o1. The third kappa shape index (κ3) is 3.71. The van der Waals surface area contributed by atoms with Gasteiger partial charge in [0.1, 0.15) is 5.52 Å². The molecule has 1 heterocycles. The van der Waals surface area contributed by atoms with Gasteiger partial charge in [-0.3, -0.25) is 4.79 Å². The van der Waals surface area contributed by atoms with Gasteiger partial charge in [0.2, 0.25) is 5.89 Å². The number of halogens is 1. The van der Waals surface area contributed by atoms with Crippen LogP contribution in [0, 0.1) is 0 Å². The summed E-state index contributed by atoms with van der Waals surface area (Å²) in [4.78, 5) is 16.6. The first-order chi connectivity index (χ1) is 13.7. The number of esters is 1. The molecule has 0 fully saturated rings.